The number of carboxylic acids is 1. The summed E-state index contributed by atoms with van der Waals surface area (Å²) in [5.41, 5.74) is -0.382. The molecule has 0 saturated heterocycles. The first-order valence-corrected chi connectivity index (χ1v) is 14.1. The molecule has 0 heterocycles. The first-order chi connectivity index (χ1) is 18.7. The number of benzene rings is 2. The molecule has 1 aliphatic carbocycles. The fourth-order valence-electron chi connectivity index (χ4n) is 4.47. The van der Waals surface area contributed by atoms with Gasteiger partial charge in [0.05, 0.1) is 22.1 Å². The fraction of sp³-hybridized carbons (Fsp3) is 0.296. The number of carbonyl (C=O) groups is 3. The van der Waals surface area contributed by atoms with Crippen molar-refractivity contribution in [1.82, 2.24) is 0 Å². The molecule has 4 atom stereocenters. The number of rotatable bonds is 9. The number of hydrogen-bond acceptors (Lipinski definition) is 6. The van der Waals surface area contributed by atoms with Crippen LogP contribution in [0.1, 0.15) is 47.4 Å². The first kappa shape index (κ1) is 32.4. The summed E-state index contributed by atoms with van der Waals surface area (Å²) >= 11 is 37.4. The van der Waals surface area contributed by atoms with Crippen molar-refractivity contribution < 1.29 is 34.1 Å². The lowest BCUT2D eigenvalue weighted by Gasteiger charge is -2.45. The second-order valence-electron chi connectivity index (χ2n) is 8.82. The molecular weight excluding hydrogens is 649 g/mol. The predicted molar refractivity (Wildman–Crippen MR) is 155 cm³/mol. The zero-order valence-electron chi connectivity index (χ0n) is 20.9. The predicted octanol–water partition coefficient (Wildman–Crippen LogP) is 8.50. The summed E-state index contributed by atoms with van der Waals surface area (Å²) in [5, 5.41) is 21.6. The average molecular weight is 671 g/mol. The maximum absolute atomic E-state index is 13.1. The quantitative estimate of drug-likeness (QED) is 0.203. The fourth-order valence-corrected chi connectivity index (χ4v) is 6.40. The minimum Gasteiger partial charge on any atom is -0.509 e. The van der Waals surface area contributed by atoms with Gasteiger partial charge in [0, 0.05) is 25.7 Å². The van der Waals surface area contributed by atoms with Crippen LogP contribution in [-0.4, -0.2) is 45.2 Å². The second-order valence-corrected chi connectivity index (χ2v) is 11.6. The molecule has 0 spiro atoms. The molecule has 0 aliphatic heterocycles. The van der Waals surface area contributed by atoms with Crippen molar-refractivity contribution in [3.63, 3.8) is 0 Å². The van der Waals surface area contributed by atoms with E-state index in [9.17, 15) is 24.6 Å². The molecule has 0 saturated carbocycles. The Morgan fingerprint density at radius 3 is 1.68 bits per heavy atom. The van der Waals surface area contributed by atoms with E-state index in [0.29, 0.717) is 0 Å². The lowest BCUT2D eigenvalue weighted by atomic mass is 9.72. The third-order valence-corrected chi connectivity index (χ3v) is 8.04. The van der Waals surface area contributed by atoms with Gasteiger partial charge in [-0.25, -0.2) is 14.4 Å². The Bertz CT molecular complexity index is 1370. The van der Waals surface area contributed by atoms with E-state index in [1.165, 1.54) is 36.4 Å². The summed E-state index contributed by atoms with van der Waals surface area (Å²) in [6.45, 7) is 3.22. The Kier molecular flexibility index (Phi) is 10.7. The number of esters is 2. The van der Waals surface area contributed by atoms with Crippen LogP contribution in [0.2, 0.25) is 20.1 Å². The highest BCUT2D eigenvalue weighted by atomic mass is 35.5. The average Bonchev–Trinajstić information content (AvgIpc) is 2.87. The molecule has 214 valence electrons. The molecule has 7 nitrogen and oxygen atoms in total. The third kappa shape index (κ3) is 6.84. The van der Waals surface area contributed by atoms with Crippen LogP contribution in [0.5, 0.6) is 0 Å². The van der Waals surface area contributed by atoms with Crippen LogP contribution < -0.4 is 0 Å². The number of alkyl halides is 1. The Morgan fingerprint density at radius 2 is 1.27 bits per heavy atom. The van der Waals surface area contributed by atoms with Crippen LogP contribution in [0, 0.1) is 5.92 Å². The largest absolute Gasteiger partial charge is 0.509 e. The molecular formula is C27H22Cl6O7. The van der Waals surface area contributed by atoms with Crippen LogP contribution in [0.15, 0.2) is 58.8 Å². The maximum Gasteiger partial charge on any atom is 0.338 e. The normalized spacial score (nSPS) is 20.4. The van der Waals surface area contributed by atoms with Gasteiger partial charge in [0.15, 0.2) is 4.87 Å². The molecule has 0 amide bonds. The highest BCUT2D eigenvalue weighted by Gasteiger charge is 2.58. The van der Waals surface area contributed by atoms with E-state index in [1.54, 1.807) is 13.8 Å². The monoisotopic (exact) mass is 668 g/mol. The zero-order valence-corrected chi connectivity index (χ0v) is 25.4. The Balaban J connectivity index is 2.09. The minimum absolute atomic E-state index is 0.00175. The van der Waals surface area contributed by atoms with Crippen molar-refractivity contribution in [2.45, 2.75) is 43.8 Å². The van der Waals surface area contributed by atoms with Gasteiger partial charge in [-0.2, -0.15) is 0 Å². The van der Waals surface area contributed by atoms with Gasteiger partial charge in [0.2, 0.25) is 0 Å². The Morgan fingerprint density at radius 1 is 0.825 bits per heavy atom. The van der Waals surface area contributed by atoms with Crippen LogP contribution in [-0.2, 0) is 14.3 Å². The smallest absolute Gasteiger partial charge is 0.338 e. The molecule has 2 aromatic rings. The number of ether oxygens (including phenoxy) is 2. The number of allylic oxidation sites excluding steroid dienone is 2. The van der Waals surface area contributed by atoms with Crippen LogP contribution >= 0.6 is 69.6 Å². The summed E-state index contributed by atoms with van der Waals surface area (Å²) < 4.78 is 11.4. The molecule has 0 fully saturated rings. The molecule has 13 heteroatoms. The van der Waals surface area contributed by atoms with Crippen LogP contribution in [0.25, 0.3) is 0 Å². The Hall–Kier alpha value is -2.13. The summed E-state index contributed by atoms with van der Waals surface area (Å²) in [5.74, 6) is -5.31. The number of aliphatic hydroxyl groups is 1. The molecule has 0 aromatic heterocycles. The van der Waals surface area contributed by atoms with Gasteiger partial charge in [-0.15, -0.1) is 11.6 Å². The van der Waals surface area contributed by atoms with Crippen molar-refractivity contribution in [2.24, 2.45) is 5.92 Å². The second kappa shape index (κ2) is 13.2. The number of aliphatic hydroxyl groups excluding tert-OH is 1. The highest BCUT2D eigenvalue weighted by Crippen LogP contribution is 2.50. The standard InChI is InChI=1S/C27H22Cl6O7/c1-3-20(39-25(37)12-5-14(28)9-15(29)6-12)22-18(24(35)36)11-19(32)23(34)27(22,33)21(4-2)40-26(38)13-7-16(30)10-17(31)8-13/h5-11,20-22,34H,3-4H2,1-2H3,(H,35,36). The lowest BCUT2D eigenvalue weighted by molar-refractivity contribution is -0.134. The van der Waals surface area contributed by atoms with E-state index in [1.807, 2.05) is 0 Å². The van der Waals surface area contributed by atoms with E-state index in [4.69, 9.17) is 79.1 Å². The van der Waals surface area contributed by atoms with Gasteiger partial charge in [-0.1, -0.05) is 71.9 Å². The summed E-state index contributed by atoms with van der Waals surface area (Å²) in [6, 6.07) is 8.13. The summed E-state index contributed by atoms with van der Waals surface area (Å²) in [4.78, 5) is 36.4. The van der Waals surface area contributed by atoms with E-state index < -0.39 is 46.7 Å². The van der Waals surface area contributed by atoms with E-state index in [0.717, 1.165) is 6.08 Å². The van der Waals surface area contributed by atoms with Gasteiger partial charge in [-0.05, 0) is 55.3 Å². The highest BCUT2D eigenvalue weighted by molar-refractivity contribution is 6.36. The molecule has 3 rings (SSSR count). The molecule has 0 radical (unpaired) electrons. The van der Waals surface area contributed by atoms with Crippen molar-refractivity contribution in [3.05, 3.63) is 90.1 Å². The van der Waals surface area contributed by atoms with Crippen molar-refractivity contribution in [3.8, 4) is 0 Å². The number of aliphatic carboxylic acids is 1. The van der Waals surface area contributed by atoms with Crippen LogP contribution in [0.4, 0.5) is 0 Å². The van der Waals surface area contributed by atoms with E-state index in [-0.39, 0.29) is 54.7 Å². The van der Waals surface area contributed by atoms with Crippen molar-refractivity contribution in [2.75, 3.05) is 0 Å². The number of carboxylic acid groups (broad SMARTS) is 1. The Labute approximate surface area is 260 Å². The van der Waals surface area contributed by atoms with Crippen LogP contribution in [0.3, 0.4) is 0 Å². The summed E-state index contributed by atoms with van der Waals surface area (Å²) in [6.07, 6.45) is -1.55. The molecule has 4 unspecified atom stereocenters. The summed E-state index contributed by atoms with van der Waals surface area (Å²) in [7, 11) is 0. The molecule has 1 aliphatic rings. The van der Waals surface area contributed by atoms with Gasteiger partial charge >= 0.3 is 17.9 Å². The zero-order chi connectivity index (χ0) is 29.9. The minimum atomic E-state index is -2.17. The lowest BCUT2D eigenvalue weighted by Crippen LogP contribution is -2.55. The SMILES string of the molecule is CCC(OC(=O)c1cc(Cl)cc(Cl)c1)C1C(C(=O)O)=CC(Cl)=C(O)C1(Cl)C(CC)OC(=O)c1cc(Cl)cc(Cl)c1. The first-order valence-electron chi connectivity index (χ1n) is 11.8. The van der Waals surface area contributed by atoms with Gasteiger partial charge in [0.25, 0.3) is 0 Å². The maximum atomic E-state index is 13.1. The van der Waals surface area contributed by atoms with E-state index in [2.05, 4.69) is 0 Å². The van der Waals surface area contributed by atoms with Gasteiger partial charge in [-0.3, -0.25) is 0 Å². The van der Waals surface area contributed by atoms with Gasteiger partial charge in [0.1, 0.15) is 18.0 Å². The third-order valence-electron chi connectivity index (χ3n) is 6.22. The van der Waals surface area contributed by atoms with Crippen molar-refractivity contribution in [1.29, 1.82) is 0 Å². The van der Waals surface area contributed by atoms with E-state index >= 15 is 0 Å². The van der Waals surface area contributed by atoms with Crippen molar-refractivity contribution >= 4 is 87.5 Å². The molecule has 0 bridgehead atoms. The molecule has 2 aromatic carbocycles. The molecule has 40 heavy (non-hydrogen) atoms. The molecule has 2 N–H and O–H groups in total. The van der Waals surface area contributed by atoms with Gasteiger partial charge < -0.3 is 19.7 Å². The number of carbonyl (C=O) groups excluding carboxylic acids is 2. The number of hydrogen-bond donors (Lipinski definition) is 2. The topological polar surface area (TPSA) is 110 Å². The number of halogens is 6.